The quantitative estimate of drug-likeness (QED) is 0.162. The predicted molar refractivity (Wildman–Crippen MR) is 237 cm³/mol. The Hall–Kier alpha value is -6.38. The molecule has 0 aliphatic heterocycles. The minimum absolute atomic E-state index is 0.0506. The van der Waals surface area contributed by atoms with Gasteiger partial charge >= 0.3 is 0 Å². The van der Waals surface area contributed by atoms with E-state index in [-0.39, 0.29) is 16.9 Å². The lowest BCUT2D eigenvalue weighted by Crippen LogP contribution is -2.30. The summed E-state index contributed by atoms with van der Waals surface area (Å²) >= 11 is 0. The Balaban J connectivity index is 0.975. The van der Waals surface area contributed by atoms with E-state index in [1.165, 1.54) is 72.7 Å². The van der Waals surface area contributed by atoms with Crippen LogP contribution in [0.5, 0.6) is 0 Å². The van der Waals surface area contributed by atoms with Gasteiger partial charge in [-0.1, -0.05) is 155 Å². The summed E-state index contributed by atoms with van der Waals surface area (Å²) in [4.78, 5) is 4.90. The molecule has 7 aromatic rings. The molecule has 0 fully saturated rings. The number of hydrogen-bond acceptors (Lipinski definition) is 2. The Morgan fingerprint density at radius 2 is 0.875 bits per heavy atom. The van der Waals surface area contributed by atoms with Gasteiger partial charge in [-0.3, -0.25) is 0 Å². The van der Waals surface area contributed by atoms with Crippen LogP contribution in [-0.2, 0) is 10.8 Å². The molecular weight excluding hydrogens is 677 g/mol. The molecule has 0 N–H and O–H groups in total. The molecule has 2 heteroatoms. The van der Waals surface area contributed by atoms with Gasteiger partial charge in [0, 0.05) is 39.3 Å². The molecular formula is C54H46N2. The zero-order chi connectivity index (χ0) is 38.0. The molecule has 0 radical (unpaired) electrons. The molecule has 0 spiro atoms. The van der Waals surface area contributed by atoms with Crippen molar-refractivity contribution in [3.63, 3.8) is 0 Å². The standard InChI is InChI=1S/C54H46N2/c1-53(2)49-21-13-11-19-45(49)47-33-31-43(35-51(47)53)55(39-15-7-5-8-16-39)41-27-23-37(24-28-41)38-25-29-42(30-26-38)56(40-17-9-6-10-18-40)44-32-34-48-46-20-12-14-22-50(46)54(3,4)52(48)36-44/h5-17,19-36,40H,18H2,1-4H3. The Labute approximate surface area is 331 Å². The largest absolute Gasteiger partial charge is 0.334 e. The number of para-hydroxylation sites is 1. The minimum atomic E-state index is -0.0666. The fraction of sp³-hybridized carbons (Fsp3) is 0.148. The van der Waals surface area contributed by atoms with E-state index in [0.717, 1.165) is 17.8 Å². The molecule has 0 heterocycles. The van der Waals surface area contributed by atoms with E-state index < -0.39 is 0 Å². The first-order valence-corrected chi connectivity index (χ1v) is 20.0. The third-order valence-electron chi connectivity index (χ3n) is 12.6. The highest BCUT2D eigenvalue weighted by Gasteiger charge is 2.37. The molecule has 1 unspecified atom stereocenters. The van der Waals surface area contributed by atoms with E-state index in [1.807, 2.05) is 0 Å². The summed E-state index contributed by atoms with van der Waals surface area (Å²) in [5.41, 5.74) is 19.1. The van der Waals surface area contributed by atoms with Crippen LogP contribution in [-0.4, -0.2) is 6.04 Å². The summed E-state index contributed by atoms with van der Waals surface area (Å²) in [6, 6.07) is 61.0. The summed E-state index contributed by atoms with van der Waals surface area (Å²) in [5, 5.41) is 0. The second-order valence-corrected chi connectivity index (χ2v) is 16.6. The molecule has 10 rings (SSSR count). The van der Waals surface area contributed by atoms with E-state index in [9.17, 15) is 0 Å². The lowest BCUT2D eigenvalue weighted by molar-refractivity contribution is 0.659. The Morgan fingerprint density at radius 1 is 0.411 bits per heavy atom. The molecule has 272 valence electrons. The lowest BCUT2D eigenvalue weighted by atomic mass is 9.82. The zero-order valence-electron chi connectivity index (χ0n) is 32.6. The predicted octanol–water partition coefficient (Wildman–Crippen LogP) is 14.5. The maximum atomic E-state index is 2.51. The van der Waals surface area contributed by atoms with Crippen molar-refractivity contribution in [2.24, 2.45) is 0 Å². The number of benzene rings is 7. The van der Waals surface area contributed by atoms with Gasteiger partial charge in [0.2, 0.25) is 0 Å². The summed E-state index contributed by atoms with van der Waals surface area (Å²) in [6.45, 7) is 9.42. The van der Waals surface area contributed by atoms with E-state index in [1.54, 1.807) is 0 Å². The maximum Gasteiger partial charge on any atom is 0.0559 e. The molecule has 56 heavy (non-hydrogen) atoms. The topological polar surface area (TPSA) is 6.48 Å². The van der Waals surface area contributed by atoms with E-state index in [4.69, 9.17) is 0 Å². The summed E-state index contributed by atoms with van der Waals surface area (Å²) in [7, 11) is 0. The van der Waals surface area contributed by atoms with Gasteiger partial charge in [-0.2, -0.15) is 0 Å². The van der Waals surface area contributed by atoms with Gasteiger partial charge in [0.25, 0.3) is 0 Å². The van der Waals surface area contributed by atoms with Gasteiger partial charge in [0.05, 0.1) is 6.04 Å². The van der Waals surface area contributed by atoms with Gasteiger partial charge in [-0.25, -0.2) is 0 Å². The van der Waals surface area contributed by atoms with Crippen LogP contribution in [0.4, 0.5) is 28.4 Å². The second kappa shape index (κ2) is 13.1. The smallest absolute Gasteiger partial charge is 0.0559 e. The third-order valence-corrected chi connectivity index (χ3v) is 12.6. The Kier molecular flexibility index (Phi) is 8.01. The maximum absolute atomic E-state index is 2.51. The summed E-state index contributed by atoms with van der Waals surface area (Å²) in [6.07, 6.45) is 9.92. The zero-order valence-corrected chi connectivity index (χ0v) is 32.6. The first-order chi connectivity index (χ1) is 27.3. The van der Waals surface area contributed by atoms with Crippen molar-refractivity contribution >= 4 is 28.4 Å². The third kappa shape index (κ3) is 5.46. The first kappa shape index (κ1) is 34.1. The van der Waals surface area contributed by atoms with Crippen molar-refractivity contribution in [1.82, 2.24) is 0 Å². The van der Waals surface area contributed by atoms with E-state index in [0.29, 0.717) is 0 Å². The van der Waals surface area contributed by atoms with Crippen molar-refractivity contribution in [3.8, 4) is 33.4 Å². The number of allylic oxidation sites excluding steroid dienone is 2. The number of nitrogens with zero attached hydrogens (tertiary/aromatic N) is 2. The van der Waals surface area contributed by atoms with Crippen LogP contribution < -0.4 is 9.80 Å². The van der Waals surface area contributed by atoms with Crippen molar-refractivity contribution in [2.45, 2.75) is 51.0 Å². The Morgan fingerprint density at radius 3 is 1.45 bits per heavy atom. The van der Waals surface area contributed by atoms with Gasteiger partial charge in [0.1, 0.15) is 0 Å². The highest BCUT2D eigenvalue weighted by molar-refractivity contribution is 5.87. The van der Waals surface area contributed by atoms with Gasteiger partial charge in [0.15, 0.2) is 0 Å². The SMILES string of the molecule is CC1(C)c2ccccc2-c2ccc(N(c3ccccc3)c3ccc(-c4ccc(N(c5ccc6c(c5)C(C)(C)c5ccccc5-6)C5C=CC=CC5)cc4)cc3)cc21. The highest BCUT2D eigenvalue weighted by atomic mass is 15.2. The van der Waals surface area contributed by atoms with Crippen LogP contribution in [0.25, 0.3) is 33.4 Å². The van der Waals surface area contributed by atoms with Crippen molar-refractivity contribution in [2.75, 3.05) is 9.80 Å². The fourth-order valence-electron chi connectivity index (χ4n) is 9.61. The van der Waals surface area contributed by atoms with Crippen LogP contribution >= 0.6 is 0 Å². The van der Waals surface area contributed by atoms with Crippen LogP contribution in [0.3, 0.4) is 0 Å². The minimum Gasteiger partial charge on any atom is -0.334 e. The average molecular weight is 723 g/mol. The van der Waals surface area contributed by atoms with Crippen LogP contribution in [0.15, 0.2) is 188 Å². The van der Waals surface area contributed by atoms with Gasteiger partial charge in [-0.15, -0.1) is 0 Å². The normalized spacial score (nSPS) is 16.5. The average Bonchev–Trinajstić information content (AvgIpc) is 3.61. The van der Waals surface area contributed by atoms with Crippen LogP contribution in [0, 0.1) is 0 Å². The molecule has 3 aliphatic rings. The molecule has 0 saturated carbocycles. The highest BCUT2D eigenvalue weighted by Crippen LogP contribution is 2.52. The van der Waals surface area contributed by atoms with E-state index in [2.05, 4.69) is 226 Å². The van der Waals surface area contributed by atoms with Gasteiger partial charge in [-0.05, 0) is 123 Å². The van der Waals surface area contributed by atoms with E-state index >= 15 is 0 Å². The number of rotatable bonds is 7. The molecule has 3 aliphatic carbocycles. The van der Waals surface area contributed by atoms with Crippen molar-refractivity contribution in [1.29, 1.82) is 0 Å². The molecule has 7 aromatic carbocycles. The molecule has 2 nitrogen and oxygen atoms in total. The second-order valence-electron chi connectivity index (χ2n) is 16.6. The lowest BCUT2D eigenvalue weighted by Gasteiger charge is -2.34. The Bertz CT molecular complexity index is 2660. The molecule has 0 saturated heterocycles. The summed E-state index contributed by atoms with van der Waals surface area (Å²) in [5.74, 6) is 0. The van der Waals surface area contributed by atoms with Crippen molar-refractivity contribution in [3.05, 3.63) is 210 Å². The monoisotopic (exact) mass is 722 g/mol. The number of fused-ring (bicyclic) bond motifs is 6. The molecule has 0 amide bonds. The summed E-state index contributed by atoms with van der Waals surface area (Å²) < 4.78 is 0. The molecule has 0 bridgehead atoms. The van der Waals surface area contributed by atoms with Crippen molar-refractivity contribution < 1.29 is 0 Å². The molecule has 0 aromatic heterocycles. The van der Waals surface area contributed by atoms with Crippen LogP contribution in [0.2, 0.25) is 0 Å². The first-order valence-electron chi connectivity index (χ1n) is 20.0. The van der Waals surface area contributed by atoms with Crippen LogP contribution in [0.1, 0.15) is 56.4 Å². The molecule has 1 atom stereocenters. The number of hydrogen-bond donors (Lipinski definition) is 0. The number of anilines is 5. The van der Waals surface area contributed by atoms with Gasteiger partial charge < -0.3 is 9.80 Å². The fourth-order valence-corrected chi connectivity index (χ4v) is 9.61.